The van der Waals surface area contributed by atoms with E-state index in [-0.39, 0.29) is 24.2 Å². The normalized spacial score (nSPS) is 10.4. The van der Waals surface area contributed by atoms with Gasteiger partial charge >= 0.3 is 11.7 Å². The Hall–Kier alpha value is -2.63. The van der Waals surface area contributed by atoms with Crippen LogP contribution in [0.25, 0.3) is 0 Å². The largest absolute Gasteiger partial charge is 0.481 e. The SMILES string of the molecule is Cn1ccc(=O)n(Cc2ccc(CC(=O)O)cc2)c1=O. The van der Waals surface area contributed by atoms with Crippen molar-refractivity contribution < 1.29 is 9.90 Å². The molecule has 6 nitrogen and oxygen atoms in total. The molecule has 0 bridgehead atoms. The van der Waals surface area contributed by atoms with E-state index in [0.717, 1.165) is 10.1 Å². The highest BCUT2D eigenvalue weighted by Crippen LogP contribution is 2.05. The summed E-state index contributed by atoms with van der Waals surface area (Å²) in [7, 11) is 1.58. The van der Waals surface area contributed by atoms with E-state index in [1.54, 1.807) is 31.3 Å². The van der Waals surface area contributed by atoms with Crippen LogP contribution in [0.2, 0.25) is 0 Å². The third-order valence-electron chi connectivity index (χ3n) is 2.96. The highest BCUT2D eigenvalue weighted by molar-refractivity contribution is 5.70. The van der Waals surface area contributed by atoms with Crippen molar-refractivity contribution in [3.05, 3.63) is 68.5 Å². The van der Waals surface area contributed by atoms with Crippen LogP contribution in [-0.2, 0) is 24.8 Å². The number of carboxylic acid groups (broad SMARTS) is 1. The second-order valence-electron chi connectivity index (χ2n) is 4.52. The Morgan fingerprint density at radius 2 is 1.70 bits per heavy atom. The van der Waals surface area contributed by atoms with Crippen molar-refractivity contribution in [1.82, 2.24) is 9.13 Å². The van der Waals surface area contributed by atoms with Gasteiger partial charge in [0.05, 0.1) is 13.0 Å². The summed E-state index contributed by atoms with van der Waals surface area (Å²) < 4.78 is 2.46. The molecule has 2 rings (SSSR count). The van der Waals surface area contributed by atoms with Gasteiger partial charge in [-0.1, -0.05) is 24.3 Å². The number of carboxylic acids is 1. The number of nitrogens with zero attached hydrogens (tertiary/aromatic N) is 2. The molecule has 0 fully saturated rings. The highest BCUT2D eigenvalue weighted by atomic mass is 16.4. The first-order chi connectivity index (χ1) is 9.47. The lowest BCUT2D eigenvalue weighted by atomic mass is 10.1. The van der Waals surface area contributed by atoms with E-state index < -0.39 is 5.97 Å². The van der Waals surface area contributed by atoms with E-state index in [9.17, 15) is 14.4 Å². The minimum atomic E-state index is -0.897. The van der Waals surface area contributed by atoms with Crippen LogP contribution in [-0.4, -0.2) is 20.2 Å². The maximum absolute atomic E-state index is 11.9. The number of benzene rings is 1. The Morgan fingerprint density at radius 3 is 2.30 bits per heavy atom. The topological polar surface area (TPSA) is 81.3 Å². The fourth-order valence-corrected chi connectivity index (χ4v) is 1.88. The lowest BCUT2D eigenvalue weighted by Gasteiger charge is -2.07. The van der Waals surface area contributed by atoms with Crippen molar-refractivity contribution in [1.29, 1.82) is 0 Å². The van der Waals surface area contributed by atoms with Gasteiger partial charge in [-0.2, -0.15) is 0 Å². The van der Waals surface area contributed by atoms with Crippen LogP contribution in [0.4, 0.5) is 0 Å². The molecule has 0 saturated heterocycles. The van der Waals surface area contributed by atoms with Gasteiger partial charge < -0.3 is 9.67 Å². The minimum absolute atomic E-state index is 0.0483. The molecule has 2 aromatic rings. The van der Waals surface area contributed by atoms with Crippen molar-refractivity contribution in [3.63, 3.8) is 0 Å². The van der Waals surface area contributed by atoms with Crippen LogP contribution in [0.1, 0.15) is 11.1 Å². The predicted octanol–water partition coefficient (Wildman–Crippen LogP) is 0.222. The molecule has 1 heterocycles. The molecule has 1 aromatic heterocycles. The molecule has 0 aliphatic carbocycles. The first-order valence-electron chi connectivity index (χ1n) is 6.03. The zero-order valence-corrected chi connectivity index (χ0v) is 10.9. The van der Waals surface area contributed by atoms with E-state index in [1.807, 2.05) is 0 Å². The first kappa shape index (κ1) is 13.8. The maximum Gasteiger partial charge on any atom is 0.331 e. The van der Waals surface area contributed by atoms with Crippen molar-refractivity contribution in [2.24, 2.45) is 7.05 Å². The Kier molecular flexibility index (Phi) is 3.84. The minimum Gasteiger partial charge on any atom is -0.481 e. The molecule has 0 radical (unpaired) electrons. The average molecular weight is 274 g/mol. The summed E-state index contributed by atoms with van der Waals surface area (Å²) >= 11 is 0. The number of hydrogen-bond donors (Lipinski definition) is 1. The van der Waals surface area contributed by atoms with Gasteiger partial charge in [0.1, 0.15) is 0 Å². The summed E-state index contributed by atoms with van der Waals surface area (Å²) in [6, 6.07) is 8.14. The molecular formula is C14H14N2O4. The molecule has 0 spiro atoms. The summed E-state index contributed by atoms with van der Waals surface area (Å²) in [5.74, 6) is -0.897. The summed E-state index contributed by atoms with van der Waals surface area (Å²) in [6.07, 6.45) is 1.38. The highest BCUT2D eigenvalue weighted by Gasteiger charge is 2.05. The third-order valence-corrected chi connectivity index (χ3v) is 2.96. The lowest BCUT2D eigenvalue weighted by Crippen LogP contribution is -2.38. The van der Waals surface area contributed by atoms with Crippen molar-refractivity contribution in [2.45, 2.75) is 13.0 Å². The smallest absolute Gasteiger partial charge is 0.331 e. The molecule has 0 aliphatic rings. The Balaban J connectivity index is 2.27. The zero-order chi connectivity index (χ0) is 14.7. The van der Waals surface area contributed by atoms with Gasteiger partial charge in [0.25, 0.3) is 5.56 Å². The van der Waals surface area contributed by atoms with Crippen LogP contribution < -0.4 is 11.2 Å². The average Bonchev–Trinajstić information content (AvgIpc) is 2.40. The summed E-state index contributed by atoms with van der Waals surface area (Å²) in [4.78, 5) is 34.1. The van der Waals surface area contributed by atoms with Gasteiger partial charge in [-0.3, -0.25) is 14.2 Å². The zero-order valence-electron chi connectivity index (χ0n) is 10.9. The third kappa shape index (κ3) is 3.03. The second kappa shape index (κ2) is 5.56. The monoisotopic (exact) mass is 274 g/mol. The van der Waals surface area contributed by atoms with Gasteiger partial charge in [-0.25, -0.2) is 4.79 Å². The molecule has 0 unspecified atom stereocenters. The van der Waals surface area contributed by atoms with E-state index in [2.05, 4.69) is 0 Å². The summed E-state index contributed by atoms with van der Waals surface area (Å²) in [5.41, 5.74) is 0.703. The molecule has 0 amide bonds. The molecule has 6 heteroatoms. The Bertz CT molecular complexity index is 741. The fraction of sp³-hybridized carbons (Fsp3) is 0.214. The van der Waals surface area contributed by atoms with Gasteiger partial charge in [0.2, 0.25) is 0 Å². The van der Waals surface area contributed by atoms with Crippen LogP contribution in [0.15, 0.2) is 46.1 Å². The molecule has 1 N–H and O–H groups in total. The standard InChI is InChI=1S/C14H14N2O4/c1-15-7-6-12(17)16(14(15)20)9-11-4-2-10(3-5-11)8-13(18)19/h2-7H,8-9H2,1H3,(H,18,19). The number of carbonyl (C=O) groups is 1. The Labute approximate surface area is 114 Å². The van der Waals surface area contributed by atoms with Crippen LogP contribution in [0.3, 0.4) is 0 Å². The predicted molar refractivity (Wildman–Crippen MR) is 72.8 cm³/mol. The van der Waals surface area contributed by atoms with E-state index in [4.69, 9.17) is 5.11 Å². The van der Waals surface area contributed by atoms with Crippen LogP contribution in [0, 0.1) is 0 Å². The number of aromatic nitrogens is 2. The fourth-order valence-electron chi connectivity index (χ4n) is 1.88. The molecule has 20 heavy (non-hydrogen) atoms. The van der Waals surface area contributed by atoms with Gasteiger partial charge in [-0.05, 0) is 11.1 Å². The lowest BCUT2D eigenvalue weighted by molar-refractivity contribution is -0.136. The van der Waals surface area contributed by atoms with Crippen molar-refractivity contribution in [3.8, 4) is 0 Å². The van der Waals surface area contributed by atoms with E-state index in [0.29, 0.717) is 5.56 Å². The molecule has 0 saturated carbocycles. The van der Waals surface area contributed by atoms with Gasteiger partial charge in [-0.15, -0.1) is 0 Å². The van der Waals surface area contributed by atoms with E-state index >= 15 is 0 Å². The van der Waals surface area contributed by atoms with Crippen molar-refractivity contribution >= 4 is 5.97 Å². The van der Waals surface area contributed by atoms with Gasteiger partial charge in [0.15, 0.2) is 0 Å². The quantitative estimate of drug-likeness (QED) is 0.865. The maximum atomic E-state index is 11.9. The number of rotatable bonds is 4. The van der Waals surface area contributed by atoms with E-state index in [1.165, 1.54) is 16.8 Å². The van der Waals surface area contributed by atoms with Crippen LogP contribution in [0.5, 0.6) is 0 Å². The molecular weight excluding hydrogens is 260 g/mol. The van der Waals surface area contributed by atoms with Gasteiger partial charge in [0, 0.05) is 19.3 Å². The molecule has 0 atom stereocenters. The molecule has 104 valence electrons. The second-order valence-corrected chi connectivity index (χ2v) is 4.52. The number of aryl methyl sites for hydroxylation is 1. The van der Waals surface area contributed by atoms with Crippen LogP contribution >= 0.6 is 0 Å². The Morgan fingerprint density at radius 1 is 1.10 bits per heavy atom. The van der Waals surface area contributed by atoms with Crippen molar-refractivity contribution in [2.75, 3.05) is 0 Å². The molecule has 1 aromatic carbocycles. The number of aliphatic carboxylic acids is 1. The summed E-state index contributed by atoms with van der Waals surface area (Å²) in [6.45, 7) is 0.166. The number of hydrogen-bond acceptors (Lipinski definition) is 3. The summed E-state index contributed by atoms with van der Waals surface area (Å²) in [5, 5.41) is 8.69. The molecule has 0 aliphatic heterocycles. The first-order valence-corrected chi connectivity index (χ1v) is 6.03.